The lowest BCUT2D eigenvalue weighted by Gasteiger charge is -2.43. The molecule has 148 valence electrons. The van der Waals surface area contributed by atoms with Gasteiger partial charge in [-0.15, -0.1) is 0 Å². The molecule has 2 atom stereocenters. The van der Waals surface area contributed by atoms with Crippen LogP contribution in [0.5, 0.6) is 0 Å². The van der Waals surface area contributed by atoms with Gasteiger partial charge < -0.3 is 15.7 Å². The van der Waals surface area contributed by atoms with Crippen molar-refractivity contribution in [3.05, 3.63) is 18.4 Å². The minimum absolute atomic E-state index is 0.0373. The number of carboxylic acid groups (broad SMARTS) is 1. The van der Waals surface area contributed by atoms with E-state index in [-0.39, 0.29) is 29.9 Å². The van der Waals surface area contributed by atoms with Gasteiger partial charge in [-0.3, -0.25) is 19.2 Å². The number of allylic oxidation sites excluding steroid dienone is 1. The first kappa shape index (κ1) is 24.5. The quantitative estimate of drug-likeness (QED) is 0.211. The van der Waals surface area contributed by atoms with Crippen molar-refractivity contribution in [2.24, 2.45) is 0 Å². The average molecular weight is 714 g/mol. The van der Waals surface area contributed by atoms with E-state index in [9.17, 15) is 29.1 Å². The first-order valence-corrected chi connectivity index (χ1v) is 11.0. The molecule has 0 aromatic heterocycles. The van der Waals surface area contributed by atoms with Gasteiger partial charge in [-0.25, -0.2) is 4.79 Å². The Hall–Kier alpha value is -0.580. The molecule has 0 aromatic carbocycles. The fourth-order valence-electron chi connectivity index (χ4n) is 2.71. The Balaban J connectivity index is 3.71. The lowest BCUT2D eigenvalue weighted by Crippen LogP contribution is -2.59. The van der Waals surface area contributed by atoms with Crippen molar-refractivity contribution in [1.82, 2.24) is 10.6 Å². The molecule has 0 bridgehead atoms. The fourth-order valence-corrected chi connectivity index (χ4v) is 7.67. The molecule has 1 aliphatic carbocycles. The topological polar surface area (TPSA) is 130 Å². The van der Waals surface area contributed by atoms with E-state index in [4.69, 9.17) is 0 Å². The Morgan fingerprint density at radius 1 is 1.07 bits per heavy atom. The first-order valence-electron chi connectivity index (χ1n) is 7.58. The van der Waals surface area contributed by atoms with Crippen molar-refractivity contribution in [3.63, 3.8) is 0 Å². The van der Waals surface area contributed by atoms with Crippen LogP contribution in [-0.2, 0) is 24.0 Å². The molecule has 2 unspecified atom stereocenters. The maximum Gasteiger partial charge on any atom is 0.333 e. The lowest BCUT2D eigenvalue weighted by molar-refractivity contribution is -0.134. The van der Waals surface area contributed by atoms with E-state index in [1.165, 1.54) is 20.8 Å². The largest absolute Gasteiger partial charge is 0.478 e. The zero-order valence-corrected chi connectivity index (χ0v) is 21.1. The van der Waals surface area contributed by atoms with Crippen LogP contribution in [0.25, 0.3) is 0 Å². The highest BCUT2D eigenvalue weighted by molar-refractivity contribution is 14.1. The number of aliphatic carboxylic acids is 1. The van der Waals surface area contributed by atoms with E-state index in [2.05, 4.69) is 10.6 Å². The fraction of sp³-hybridized carbons (Fsp3) is 0.438. The molecule has 1 aliphatic rings. The number of hydrogen-bond donors (Lipinski definition) is 3. The molecule has 0 heterocycles. The van der Waals surface area contributed by atoms with Crippen molar-refractivity contribution in [2.45, 2.75) is 43.1 Å². The van der Waals surface area contributed by atoms with E-state index in [1.807, 2.05) is 67.8 Å². The van der Waals surface area contributed by atoms with Crippen LogP contribution in [0.4, 0.5) is 0 Å². The van der Waals surface area contributed by atoms with Crippen LogP contribution in [0.15, 0.2) is 18.4 Å². The van der Waals surface area contributed by atoms with Crippen LogP contribution >= 0.6 is 67.8 Å². The molecule has 11 heteroatoms. The minimum atomic E-state index is -1.39. The predicted octanol–water partition coefficient (Wildman–Crippen LogP) is 2.17. The Kier molecular flexibility index (Phi) is 8.84. The van der Waals surface area contributed by atoms with Crippen molar-refractivity contribution in [3.8, 4) is 0 Å². The summed E-state index contributed by atoms with van der Waals surface area (Å²) in [6.45, 7) is 3.81. The summed E-state index contributed by atoms with van der Waals surface area (Å²) in [4.78, 5) is 59.2. The second kappa shape index (κ2) is 9.76. The first-order chi connectivity index (χ1) is 12.3. The van der Waals surface area contributed by atoms with Gasteiger partial charge in [0.1, 0.15) is 11.6 Å². The Morgan fingerprint density at radius 2 is 1.63 bits per heavy atom. The third-order valence-electron chi connectivity index (χ3n) is 3.61. The second-order valence-electron chi connectivity index (χ2n) is 6.01. The SMILES string of the molecule is CC(=O)CC(=O)CC1(NC(C)=O)C(I)=C(NC(C)=O)C(I)=C(C(=O)O)C1I. The molecule has 0 aliphatic heterocycles. The molecule has 0 saturated carbocycles. The Bertz CT molecular complexity index is 789. The summed E-state index contributed by atoms with van der Waals surface area (Å²) in [5.41, 5.74) is -1.19. The molecule has 0 fully saturated rings. The molecule has 0 radical (unpaired) electrons. The summed E-state index contributed by atoms with van der Waals surface area (Å²) < 4.78 is -0.0565. The van der Waals surface area contributed by atoms with Crippen molar-refractivity contribution < 1.29 is 29.1 Å². The standard InChI is InChI=1S/C16H17I3N2O6/c1-6(22)4-9(25)5-16(21-8(3)24)13(18)10(15(26)27)11(17)12(14(16)19)20-7(2)23/h13H,4-5H2,1-3H3,(H,20,23)(H,21,24)(H,26,27). The van der Waals surface area contributed by atoms with Crippen molar-refractivity contribution in [2.75, 3.05) is 0 Å². The predicted molar refractivity (Wildman–Crippen MR) is 123 cm³/mol. The van der Waals surface area contributed by atoms with Gasteiger partial charge in [-0.2, -0.15) is 0 Å². The number of ketones is 2. The third-order valence-corrected chi connectivity index (χ3v) is 7.91. The van der Waals surface area contributed by atoms with E-state index in [1.54, 1.807) is 0 Å². The Labute approximate surface area is 196 Å². The van der Waals surface area contributed by atoms with Crippen LogP contribution in [0, 0.1) is 0 Å². The summed E-state index contributed by atoms with van der Waals surface area (Å²) in [5.74, 6) is -2.87. The van der Waals surface area contributed by atoms with Crippen LogP contribution in [-0.4, -0.2) is 43.9 Å². The number of carboxylic acids is 1. The number of amides is 2. The summed E-state index contributed by atoms with van der Waals surface area (Å²) >= 11 is 5.61. The van der Waals surface area contributed by atoms with Gasteiger partial charge in [-0.1, -0.05) is 22.6 Å². The number of nitrogens with one attached hydrogen (secondary N) is 2. The van der Waals surface area contributed by atoms with Gasteiger partial charge in [0.05, 0.1) is 27.2 Å². The zero-order chi connectivity index (χ0) is 21.1. The highest BCUT2D eigenvalue weighted by Crippen LogP contribution is 2.48. The zero-order valence-electron chi connectivity index (χ0n) is 14.6. The van der Waals surface area contributed by atoms with Crippen LogP contribution < -0.4 is 10.6 Å². The van der Waals surface area contributed by atoms with Gasteiger partial charge >= 0.3 is 5.97 Å². The monoisotopic (exact) mass is 714 g/mol. The van der Waals surface area contributed by atoms with Gasteiger partial charge in [0.15, 0.2) is 0 Å². The van der Waals surface area contributed by atoms with Crippen molar-refractivity contribution >= 4 is 97.1 Å². The normalized spacial score (nSPS) is 22.4. The number of carbonyl (C=O) groups excluding carboxylic acids is 4. The van der Waals surface area contributed by atoms with E-state index in [0.29, 0.717) is 7.16 Å². The van der Waals surface area contributed by atoms with E-state index < -0.39 is 33.0 Å². The van der Waals surface area contributed by atoms with Crippen molar-refractivity contribution in [1.29, 1.82) is 0 Å². The number of halogens is 3. The highest BCUT2D eigenvalue weighted by Gasteiger charge is 2.51. The van der Waals surface area contributed by atoms with Gasteiger partial charge in [-0.05, 0) is 52.1 Å². The lowest BCUT2D eigenvalue weighted by atomic mass is 9.80. The number of rotatable bonds is 7. The van der Waals surface area contributed by atoms with E-state index in [0.717, 1.165) is 0 Å². The molecule has 27 heavy (non-hydrogen) atoms. The van der Waals surface area contributed by atoms with Gasteiger partial charge in [0.2, 0.25) is 11.8 Å². The molecule has 0 saturated heterocycles. The molecule has 3 N–H and O–H groups in total. The number of hydrogen-bond acceptors (Lipinski definition) is 5. The smallest absolute Gasteiger partial charge is 0.333 e. The minimum Gasteiger partial charge on any atom is -0.478 e. The third kappa shape index (κ3) is 5.71. The molecule has 1 rings (SSSR count). The average Bonchev–Trinajstić information content (AvgIpc) is 2.47. The molecule has 0 aromatic rings. The van der Waals surface area contributed by atoms with E-state index >= 15 is 0 Å². The van der Waals surface area contributed by atoms with Gasteiger partial charge in [0, 0.05) is 27.4 Å². The second-order valence-corrected chi connectivity index (χ2v) is 9.42. The van der Waals surface area contributed by atoms with Crippen LogP contribution in [0.2, 0.25) is 0 Å². The number of Topliss-reactive ketones (excluding diaryl/α,β-unsaturated/α-hetero) is 2. The molecular weight excluding hydrogens is 697 g/mol. The molecule has 8 nitrogen and oxygen atoms in total. The maximum absolute atomic E-state index is 12.4. The Morgan fingerprint density at radius 3 is 2.04 bits per heavy atom. The summed E-state index contributed by atoms with van der Waals surface area (Å²) in [6, 6.07) is 0. The maximum atomic E-state index is 12.4. The molecule has 0 spiro atoms. The number of carbonyl (C=O) groups is 5. The van der Waals surface area contributed by atoms with Gasteiger partial charge in [0.25, 0.3) is 0 Å². The highest BCUT2D eigenvalue weighted by atomic mass is 127. The van der Waals surface area contributed by atoms with Crippen LogP contribution in [0.3, 0.4) is 0 Å². The summed E-state index contributed by atoms with van der Waals surface area (Å²) in [5, 5.41) is 15.0. The molecule has 2 amide bonds. The molecular formula is C16H17I3N2O6. The number of alkyl halides is 1. The van der Waals surface area contributed by atoms with Crippen LogP contribution in [0.1, 0.15) is 33.6 Å². The summed E-state index contributed by atoms with van der Waals surface area (Å²) in [6.07, 6.45) is -0.602. The summed E-state index contributed by atoms with van der Waals surface area (Å²) in [7, 11) is 0.